The first-order valence-electron chi connectivity index (χ1n) is 2.58. The van der Waals surface area contributed by atoms with Crippen LogP contribution in [0, 0.1) is 10.1 Å². The zero-order valence-electron chi connectivity index (χ0n) is 5.35. The van der Waals surface area contributed by atoms with E-state index in [1.807, 2.05) is 0 Å². The van der Waals surface area contributed by atoms with Gasteiger partial charge in [0.05, 0.1) is 0 Å². The van der Waals surface area contributed by atoms with E-state index >= 15 is 0 Å². The Balaban J connectivity index is 4.27. The van der Waals surface area contributed by atoms with Crippen molar-refractivity contribution >= 4 is 5.97 Å². The van der Waals surface area contributed by atoms with Crippen LogP contribution in [0.2, 0.25) is 0 Å². The average Bonchev–Trinajstić information content (AvgIpc) is 1.81. The largest absolute Gasteiger partial charge is 0.476 e. The van der Waals surface area contributed by atoms with Crippen molar-refractivity contribution < 1.29 is 14.8 Å². The van der Waals surface area contributed by atoms with E-state index in [4.69, 9.17) is 5.11 Å². The standard InChI is InChI=1S/C5H7NO4/c1-2-3-4(5(7)8)6(9)10/h2-4H,1H3,(H,7,8)/b3-2+. The summed E-state index contributed by atoms with van der Waals surface area (Å²) in [5.74, 6) is -1.44. The first-order valence-corrected chi connectivity index (χ1v) is 2.58. The fraction of sp³-hybridized carbons (Fsp3) is 0.400. The summed E-state index contributed by atoms with van der Waals surface area (Å²) < 4.78 is 0. The Kier molecular flexibility index (Phi) is 3.10. The summed E-state index contributed by atoms with van der Waals surface area (Å²) in [6, 6.07) is -1.61. The molecule has 0 aromatic rings. The number of hydrogen-bond donors (Lipinski definition) is 1. The van der Waals surface area contributed by atoms with Crippen molar-refractivity contribution in [2.75, 3.05) is 0 Å². The van der Waals surface area contributed by atoms with Gasteiger partial charge in [-0.05, 0) is 13.0 Å². The van der Waals surface area contributed by atoms with E-state index < -0.39 is 16.9 Å². The molecule has 10 heavy (non-hydrogen) atoms. The van der Waals surface area contributed by atoms with Crippen LogP contribution < -0.4 is 0 Å². The Morgan fingerprint density at radius 3 is 2.40 bits per heavy atom. The van der Waals surface area contributed by atoms with E-state index in [0.717, 1.165) is 6.08 Å². The van der Waals surface area contributed by atoms with Gasteiger partial charge in [-0.15, -0.1) is 0 Å². The number of carboxylic acid groups (broad SMARTS) is 1. The lowest BCUT2D eigenvalue weighted by molar-refractivity contribution is -0.497. The van der Waals surface area contributed by atoms with E-state index in [-0.39, 0.29) is 0 Å². The first-order chi connectivity index (χ1) is 4.59. The highest BCUT2D eigenvalue weighted by Gasteiger charge is 2.24. The van der Waals surface area contributed by atoms with Crippen LogP contribution in [0.3, 0.4) is 0 Å². The number of carboxylic acids is 1. The molecule has 0 heterocycles. The normalized spacial score (nSPS) is 13.3. The third-order valence-electron chi connectivity index (χ3n) is 0.855. The quantitative estimate of drug-likeness (QED) is 0.351. The number of nitrogens with zero attached hydrogens (tertiary/aromatic N) is 1. The fourth-order valence-electron chi connectivity index (χ4n) is 0.425. The summed E-state index contributed by atoms with van der Waals surface area (Å²) in [5.41, 5.74) is 0. The van der Waals surface area contributed by atoms with Crippen LogP contribution in [0.15, 0.2) is 12.2 Å². The zero-order valence-corrected chi connectivity index (χ0v) is 5.35. The number of allylic oxidation sites excluding steroid dienone is 1. The average molecular weight is 145 g/mol. The van der Waals surface area contributed by atoms with Crippen molar-refractivity contribution in [3.63, 3.8) is 0 Å². The van der Waals surface area contributed by atoms with Crippen molar-refractivity contribution in [2.24, 2.45) is 0 Å². The van der Waals surface area contributed by atoms with Crippen LogP contribution in [0.1, 0.15) is 6.92 Å². The molecule has 0 saturated carbocycles. The molecule has 0 fully saturated rings. The lowest BCUT2D eigenvalue weighted by Crippen LogP contribution is -2.26. The van der Waals surface area contributed by atoms with Gasteiger partial charge in [0.25, 0.3) is 0 Å². The van der Waals surface area contributed by atoms with Gasteiger partial charge in [0, 0.05) is 4.92 Å². The molecule has 0 saturated heterocycles. The highest BCUT2D eigenvalue weighted by molar-refractivity contribution is 5.74. The lowest BCUT2D eigenvalue weighted by atomic mass is 10.3. The fourth-order valence-corrected chi connectivity index (χ4v) is 0.425. The van der Waals surface area contributed by atoms with E-state index in [1.165, 1.54) is 13.0 Å². The minimum Gasteiger partial charge on any atom is -0.476 e. The molecule has 0 aromatic heterocycles. The van der Waals surface area contributed by atoms with Gasteiger partial charge in [-0.2, -0.15) is 0 Å². The molecule has 0 aliphatic rings. The van der Waals surface area contributed by atoms with Gasteiger partial charge < -0.3 is 5.11 Å². The van der Waals surface area contributed by atoms with E-state index in [1.54, 1.807) is 0 Å². The highest BCUT2D eigenvalue weighted by Crippen LogP contribution is 1.91. The predicted octanol–water partition coefficient (Wildman–Crippen LogP) is 0.292. The monoisotopic (exact) mass is 145 g/mol. The topological polar surface area (TPSA) is 80.4 Å². The van der Waals surface area contributed by atoms with Gasteiger partial charge in [0.1, 0.15) is 0 Å². The molecule has 1 unspecified atom stereocenters. The molecule has 0 aliphatic carbocycles. The van der Waals surface area contributed by atoms with E-state index in [9.17, 15) is 14.9 Å². The summed E-state index contributed by atoms with van der Waals surface area (Å²) >= 11 is 0. The Morgan fingerprint density at radius 1 is 1.80 bits per heavy atom. The van der Waals surface area contributed by atoms with Crippen molar-refractivity contribution in [3.05, 3.63) is 22.3 Å². The zero-order chi connectivity index (χ0) is 8.15. The van der Waals surface area contributed by atoms with Gasteiger partial charge in [-0.3, -0.25) is 10.1 Å². The number of rotatable bonds is 3. The minimum absolute atomic E-state index is 0.859. The second-order valence-electron chi connectivity index (χ2n) is 1.59. The maximum absolute atomic E-state index is 10.0. The molecule has 56 valence electrons. The summed E-state index contributed by atoms with van der Waals surface area (Å²) in [5, 5.41) is 18.1. The molecule has 1 N–H and O–H groups in total. The molecule has 0 spiro atoms. The summed E-state index contributed by atoms with van der Waals surface area (Å²) in [4.78, 5) is 19.1. The Hall–Kier alpha value is -1.39. The van der Waals surface area contributed by atoms with Crippen molar-refractivity contribution in [1.29, 1.82) is 0 Å². The van der Waals surface area contributed by atoms with Crippen LogP contribution in [-0.4, -0.2) is 22.0 Å². The second kappa shape index (κ2) is 3.60. The third-order valence-corrected chi connectivity index (χ3v) is 0.855. The molecular weight excluding hydrogens is 138 g/mol. The van der Waals surface area contributed by atoms with Crippen LogP contribution in [-0.2, 0) is 4.79 Å². The minimum atomic E-state index is -1.61. The molecule has 1 atom stereocenters. The number of carbonyl (C=O) groups is 1. The van der Waals surface area contributed by atoms with Crippen molar-refractivity contribution in [3.8, 4) is 0 Å². The molecule has 5 nitrogen and oxygen atoms in total. The molecule has 0 rings (SSSR count). The van der Waals surface area contributed by atoms with Gasteiger partial charge in [0.2, 0.25) is 0 Å². The Labute approximate surface area is 57.1 Å². The molecule has 0 aromatic carbocycles. The predicted molar refractivity (Wildman–Crippen MR) is 33.2 cm³/mol. The molecule has 0 amide bonds. The van der Waals surface area contributed by atoms with E-state index in [0.29, 0.717) is 0 Å². The first kappa shape index (κ1) is 8.61. The number of aliphatic carboxylic acids is 1. The van der Waals surface area contributed by atoms with Crippen LogP contribution in [0.25, 0.3) is 0 Å². The number of hydrogen-bond acceptors (Lipinski definition) is 3. The molecule has 0 aliphatic heterocycles. The van der Waals surface area contributed by atoms with Crippen LogP contribution in [0.4, 0.5) is 0 Å². The van der Waals surface area contributed by atoms with Gasteiger partial charge in [0.15, 0.2) is 0 Å². The molecular formula is C5H7NO4. The van der Waals surface area contributed by atoms with Crippen molar-refractivity contribution in [1.82, 2.24) is 0 Å². The third kappa shape index (κ3) is 2.25. The van der Waals surface area contributed by atoms with Gasteiger partial charge >= 0.3 is 12.0 Å². The Morgan fingerprint density at radius 2 is 2.30 bits per heavy atom. The van der Waals surface area contributed by atoms with Gasteiger partial charge in [-0.1, -0.05) is 6.08 Å². The van der Waals surface area contributed by atoms with Crippen LogP contribution in [0.5, 0.6) is 0 Å². The summed E-state index contributed by atoms with van der Waals surface area (Å²) in [7, 11) is 0. The molecule has 5 heteroatoms. The maximum atomic E-state index is 10.0. The second-order valence-corrected chi connectivity index (χ2v) is 1.59. The lowest BCUT2D eigenvalue weighted by Gasteiger charge is -1.95. The molecule has 0 bridgehead atoms. The summed E-state index contributed by atoms with van der Waals surface area (Å²) in [6.07, 6.45) is 2.35. The highest BCUT2D eigenvalue weighted by atomic mass is 16.6. The molecule has 0 radical (unpaired) electrons. The van der Waals surface area contributed by atoms with Crippen LogP contribution >= 0.6 is 0 Å². The Bertz CT molecular complexity index is 160. The van der Waals surface area contributed by atoms with E-state index in [2.05, 4.69) is 0 Å². The smallest absolute Gasteiger partial charge is 0.383 e. The number of nitro groups is 1. The SMILES string of the molecule is C/C=C/C(C(=O)O)[N+](=O)[O-]. The maximum Gasteiger partial charge on any atom is 0.383 e. The summed E-state index contributed by atoms with van der Waals surface area (Å²) in [6.45, 7) is 1.53. The van der Waals surface area contributed by atoms with Gasteiger partial charge in [-0.25, -0.2) is 4.79 Å². The van der Waals surface area contributed by atoms with Crippen molar-refractivity contribution in [2.45, 2.75) is 13.0 Å².